The molecule has 1 aromatic heterocycles. The minimum atomic E-state index is 0.224. The molecule has 3 nitrogen and oxygen atoms in total. The first-order valence-electron chi connectivity index (χ1n) is 7.30. The molecule has 2 unspecified atom stereocenters. The second-order valence-corrected chi connectivity index (χ2v) is 5.44. The molecular weight excluding hydrogens is 248 g/mol. The van der Waals surface area contributed by atoms with Gasteiger partial charge in [-0.25, -0.2) is 0 Å². The van der Waals surface area contributed by atoms with Crippen molar-refractivity contribution in [1.82, 2.24) is 10.5 Å². The minimum Gasteiger partial charge on any atom is -0.361 e. The van der Waals surface area contributed by atoms with Crippen molar-refractivity contribution >= 4 is 0 Å². The number of hydrogen-bond donors (Lipinski definition) is 1. The summed E-state index contributed by atoms with van der Waals surface area (Å²) in [5, 5.41) is 7.64. The first-order chi connectivity index (χ1) is 9.52. The fraction of sp³-hybridized carbons (Fsp3) is 0.471. The number of hydrogen-bond acceptors (Lipinski definition) is 3. The standard InChI is InChI=1S/C17H24N2O/c1-6-15-7-9-16(10-8-15)11(2)18-12(3)17-13(4)19-20-14(17)5/h7-12,18H,6H2,1-5H3. The highest BCUT2D eigenvalue weighted by Gasteiger charge is 2.18. The average Bonchev–Trinajstić information content (AvgIpc) is 2.78. The fourth-order valence-corrected chi connectivity index (χ4v) is 2.70. The number of benzene rings is 1. The quantitative estimate of drug-likeness (QED) is 0.883. The highest BCUT2D eigenvalue weighted by Crippen LogP contribution is 2.24. The monoisotopic (exact) mass is 272 g/mol. The number of nitrogens with one attached hydrogen (secondary N) is 1. The van der Waals surface area contributed by atoms with Crippen molar-refractivity contribution in [2.24, 2.45) is 0 Å². The Bertz CT molecular complexity index is 537. The van der Waals surface area contributed by atoms with Crippen LogP contribution >= 0.6 is 0 Å². The summed E-state index contributed by atoms with van der Waals surface area (Å²) in [5.41, 5.74) is 4.82. The van der Waals surface area contributed by atoms with Crippen LogP contribution in [0.4, 0.5) is 0 Å². The predicted octanol–water partition coefficient (Wildman–Crippen LogP) is 4.27. The summed E-state index contributed by atoms with van der Waals surface area (Å²) in [6.07, 6.45) is 1.08. The molecule has 2 atom stereocenters. The molecule has 20 heavy (non-hydrogen) atoms. The summed E-state index contributed by atoms with van der Waals surface area (Å²) in [7, 11) is 0. The Morgan fingerprint density at radius 2 is 1.75 bits per heavy atom. The Morgan fingerprint density at radius 3 is 2.25 bits per heavy atom. The lowest BCUT2D eigenvalue weighted by Gasteiger charge is -2.20. The van der Waals surface area contributed by atoms with E-state index in [0.29, 0.717) is 6.04 Å². The lowest BCUT2D eigenvalue weighted by Crippen LogP contribution is -2.23. The SMILES string of the molecule is CCc1ccc(C(C)NC(C)c2c(C)noc2C)cc1. The van der Waals surface area contributed by atoms with Crippen LogP contribution in [-0.2, 0) is 6.42 Å². The van der Waals surface area contributed by atoms with Crippen LogP contribution < -0.4 is 5.32 Å². The molecule has 2 aromatic rings. The molecule has 0 aliphatic carbocycles. The molecule has 0 saturated heterocycles. The summed E-state index contributed by atoms with van der Waals surface area (Å²) in [5.74, 6) is 0.899. The maximum Gasteiger partial charge on any atom is 0.138 e. The van der Waals surface area contributed by atoms with Gasteiger partial charge < -0.3 is 9.84 Å². The zero-order valence-corrected chi connectivity index (χ0v) is 13.0. The lowest BCUT2D eigenvalue weighted by molar-refractivity contribution is 0.389. The highest BCUT2D eigenvalue weighted by molar-refractivity contribution is 5.27. The first kappa shape index (κ1) is 14.8. The number of rotatable bonds is 5. The second kappa shape index (κ2) is 6.23. The molecular formula is C17H24N2O. The summed E-state index contributed by atoms with van der Waals surface area (Å²) < 4.78 is 5.24. The third kappa shape index (κ3) is 3.10. The Hall–Kier alpha value is -1.61. The van der Waals surface area contributed by atoms with Gasteiger partial charge in [-0.1, -0.05) is 36.3 Å². The zero-order chi connectivity index (χ0) is 14.7. The van der Waals surface area contributed by atoms with Crippen LogP contribution in [0.2, 0.25) is 0 Å². The fourth-order valence-electron chi connectivity index (χ4n) is 2.70. The molecule has 0 spiro atoms. The van der Waals surface area contributed by atoms with E-state index in [2.05, 4.69) is 55.5 Å². The zero-order valence-electron chi connectivity index (χ0n) is 13.0. The molecule has 0 bridgehead atoms. The Morgan fingerprint density at radius 1 is 1.10 bits per heavy atom. The van der Waals surface area contributed by atoms with Gasteiger partial charge in [0, 0.05) is 17.6 Å². The van der Waals surface area contributed by atoms with Gasteiger partial charge in [0.2, 0.25) is 0 Å². The maximum absolute atomic E-state index is 5.24. The number of nitrogens with zero attached hydrogens (tertiary/aromatic N) is 1. The van der Waals surface area contributed by atoms with Crippen molar-refractivity contribution in [1.29, 1.82) is 0 Å². The van der Waals surface area contributed by atoms with Gasteiger partial charge in [-0.3, -0.25) is 0 Å². The van der Waals surface area contributed by atoms with Crippen LogP contribution in [-0.4, -0.2) is 5.16 Å². The molecule has 2 rings (SSSR count). The molecule has 1 aromatic carbocycles. The van der Waals surface area contributed by atoms with E-state index in [0.717, 1.165) is 17.9 Å². The molecule has 0 radical (unpaired) electrons. The van der Waals surface area contributed by atoms with E-state index in [9.17, 15) is 0 Å². The first-order valence-corrected chi connectivity index (χ1v) is 7.30. The second-order valence-electron chi connectivity index (χ2n) is 5.44. The number of aromatic nitrogens is 1. The molecule has 0 saturated carbocycles. The normalized spacial score (nSPS) is 14.2. The van der Waals surface area contributed by atoms with Crippen LogP contribution in [0.25, 0.3) is 0 Å². The molecule has 108 valence electrons. The topological polar surface area (TPSA) is 38.1 Å². The van der Waals surface area contributed by atoms with E-state index in [4.69, 9.17) is 4.52 Å². The molecule has 1 heterocycles. The van der Waals surface area contributed by atoms with Gasteiger partial charge in [-0.05, 0) is 45.2 Å². The van der Waals surface area contributed by atoms with Crippen molar-refractivity contribution in [2.75, 3.05) is 0 Å². The number of aryl methyl sites for hydroxylation is 3. The van der Waals surface area contributed by atoms with Crippen molar-refractivity contribution in [3.05, 3.63) is 52.4 Å². The van der Waals surface area contributed by atoms with Crippen LogP contribution in [0.1, 0.15) is 61.0 Å². The van der Waals surface area contributed by atoms with E-state index in [1.165, 1.54) is 16.7 Å². The lowest BCUT2D eigenvalue weighted by atomic mass is 10.0. The Kier molecular flexibility index (Phi) is 4.61. The Labute approximate surface area is 121 Å². The van der Waals surface area contributed by atoms with E-state index in [-0.39, 0.29) is 6.04 Å². The molecule has 0 aliphatic rings. The van der Waals surface area contributed by atoms with Gasteiger partial charge in [0.05, 0.1) is 5.69 Å². The third-order valence-electron chi connectivity index (χ3n) is 3.91. The smallest absolute Gasteiger partial charge is 0.138 e. The highest BCUT2D eigenvalue weighted by atomic mass is 16.5. The van der Waals surface area contributed by atoms with E-state index < -0.39 is 0 Å². The van der Waals surface area contributed by atoms with Gasteiger partial charge in [-0.2, -0.15) is 0 Å². The molecule has 0 amide bonds. The van der Waals surface area contributed by atoms with E-state index >= 15 is 0 Å². The molecule has 0 aliphatic heterocycles. The predicted molar refractivity (Wildman–Crippen MR) is 81.8 cm³/mol. The van der Waals surface area contributed by atoms with Crippen LogP contribution in [0.5, 0.6) is 0 Å². The van der Waals surface area contributed by atoms with Crippen molar-refractivity contribution in [3.8, 4) is 0 Å². The van der Waals surface area contributed by atoms with Gasteiger partial charge in [0.25, 0.3) is 0 Å². The van der Waals surface area contributed by atoms with Crippen molar-refractivity contribution < 1.29 is 4.52 Å². The van der Waals surface area contributed by atoms with Crippen LogP contribution in [0.15, 0.2) is 28.8 Å². The minimum absolute atomic E-state index is 0.224. The summed E-state index contributed by atoms with van der Waals surface area (Å²) in [6, 6.07) is 9.33. The van der Waals surface area contributed by atoms with Crippen LogP contribution in [0, 0.1) is 13.8 Å². The van der Waals surface area contributed by atoms with Crippen LogP contribution in [0.3, 0.4) is 0 Å². The summed E-state index contributed by atoms with van der Waals surface area (Å²) in [4.78, 5) is 0. The molecule has 0 fully saturated rings. The van der Waals surface area contributed by atoms with Gasteiger partial charge >= 0.3 is 0 Å². The summed E-state index contributed by atoms with van der Waals surface area (Å²) in [6.45, 7) is 10.5. The Balaban J connectivity index is 2.08. The van der Waals surface area contributed by atoms with Gasteiger partial charge in [-0.15, -0.1) is 0 Å². The summed E-state index contributed by atoms with van der Waals surface area (Å²) >= 11 is 0. The van der Waals surface area contributed by atoms with Gasteiger partial charge in [0.1, 0.15) is 5.76 Å². The van der Waals surface area contributed by atoms with E-state index in [1.54, 1.807) is 0 Å². The van der Waals surface area contributed by atoms with Gasteiger partial charge in [0.15, 0.2) is 0 Å². The van der Waals surface area contributed by atoms with Crippen molar-refractivity contribution in [2.45, 2.75) is 53.1 Å². The maximum atomic E-state index is 5.24. The van der Waals surface area contributed by atoms with Crippen molar-refractivity contribution in [3.63, 3.8) is 0 Å². The average molecular weight is 272 g/mol. The van der Waals surface area contributed by atoms with E-state index in [1.807, 2.05) is 13.8 Å². The largest absolute Gasteiger partial charge is 0.361 e. The molecule has 1 N–H and O–H groups in total. The third-order valence-corrected chi connectivity index (χ3v) is 3.91. The molecule has 3 heteroatoms.